The first-order chi connectivity index (χ1) is 15.9. The normalized spacial score (nSPS) is 27.4. The van der Waals surface area contributed by atoms with Crippen LogP contribution < -0.4 is 5.32 Å². The van der Waals surface area contributed by atoms with E-state index in [0.717, 1.165) is 19.0 Å². The fraction of sp³-hybridized carbons (Fsp3) is 0.364. The van der Waals surface area contributed by atoms with Crippen molar-refractivity contribution < 1.29 is 18.0 Å². The fourth-order valence-corrected chi connectivity index (χ4v) is 5.43. The lowest BCUT2D eigenvalue weighted by molar-refractivity contribution is -0.141. The predicted octanol–water partition coefficient (Wildman–Crippen LogP) is 3.06. The molecular formula is C22H18F3N7O. The minimum absolute atomic E-state index is 0.0743. The van der Waals surface area contributed by atoms with Gasteiger partial charge in [-0.2, -0.15) is 13.2 Å². The number of rotatable bonds is 4. The molecular weight excluding hydrogens is 435 g/mol. The second kappa shape index (κ2) is 6.93. The van der Waals surface area contributed by atoms with Crippen molar-refractivity contribution >= 4 is 11.7 Å². The molecule has 4 atom stereocenters. The Hall–Kier alpha value is -3.63. The molecule has 8 nitrogen and oxygen atoms in total. The highest BCUT2D eigenvalue weighted by Gasteiger charge is 2.75. The lowest BCUT2D eigenvalue weighted by Gasteiger charge is -2.48. The van der Waals surface area contributed by atoms with Crippen LogP contribution in [0, 0.1) is 11.3 Å². The quantitative estimate of drug-likeness (QED) is 0.649. The molecule has 0 aromatic carbocycles. The van der Waals surface area contributed by atoms with Gasteiger partial charge in [0, 0.05) is 31.2 Å². The van der Waals surface area contributed by atoms with Gasteiger partial charge < -0.3 is 10.2 Å². The SMILES string of the molecule is O=C(c1ncccc1-c1ncccn1)N1CC2CC23CC(Nc2cnc(C(F)(F)F)cn2)C13. The van der Waals surface area contributed by atoms with Crippen LogP contribution in [0.2, 0.25) is 0 Å². The summed E-state index contributed by atoms with van der Waals surface area (Å²) in [6, 6.07) is 5.02. The second-order valence-electron chi connectivity index (χ2n) is 8.75. The molecule has 3 aromatic heterocycles. The molecule has 0 radical (unpaired) electrons. The standard InChI is InChI=1S/C22H18F3N7O/c23-22(24,25)15-9-30-16(10-29-15)31-14-8-21-7-12(21)11-32(18(14)21)20(33)17-13(3-1-4-26-17)19-27-5-2-6-28-19/h1-6,9-10,12,14,18H,7-8,11H2,(H,30,31). The number of nitrogens with zero attached hydrogens (tertiary/aromatic N) is 6. The Bertz CT molecular complexity index is 1220. The Labute approximate surface area is 186 Å². The summed E-state index contributed by atoms with van der Waals surface area (Å²) in [6.07, 6.45) is 3.95. The zero-order valence-electron chi connectivity index (χ0n) is 17.2. The van der Waals surface area contributed by atoms with E-state index in [0.29, 0.717) is 35.7 Å². The minimum atomic E-state index is -4.54. The van der Waals surface area contributed by atoms with E-state index in [1.54, 1.807) is 36.8 Å². The maximum Gasteiger partial charge on any atom is 0.434 e. The Morgan fingerprint density at radius 2 is 1.82 bits per heavy atom. The number of alkyl halides is 3. The lowest BCUT2D eigenvalue weighted by Crippen LogP contribution is -2.60. The van der Waals surface area contributed by atoms with E-state index >= 15 is 0 Å². The minimum Gasteiger partial charge on any atom is -0.364 e. The van der Waals surface area contributed by atoms with Gasteiger partial charge in [-0.15, -0.1) is 0 Å². The third kappa shape index (κ3) is 3.13. The van der Waals surface area contributed by atoms with Crippen LogP contribution in [-0.4, -0.2) is 54.4 Å². The van der Waals surface area contributed by atoms with Crippen molar-refractivity contribution in [1.29, 1.82) is 0 Å². The summed E-state index contributed by atoms with van der Waals surface area (Å²) < 4.78 is 38.3. The summed E-state index contributed by atoms with van der Waals surface area (Å²) in [6.45, 7) is 0.631. The van der Waals surface area contributed by atoms with Gasteiger partial charge in [-0.3, -0.25) is 9.78 Å². The molecule has 1 aliphatic heterocycles. The molecule has 6 rings (SSSR count). The number of amides is 1. The summed E-state index contributed by atoms with van der Waals surface area (Å²) in [7, 11) is 0. The van der Waals surface area contributed by atoms with Gasteiger partial charge in [-0.05, 0) is 42.4 Å². The molecule has 168 valence electrons. The summed E-state index contributed by atoms with van der Waals surface area (Å²) in [5.41, 5.74) is -0.107. The summed E-state index contributed by atoms with van der Waals surface area (Å²) in [5.74, 6) is 0.926. The van der Waals surface area contributed by atoms with Gasteiger partial charge >= 0.3 is 6.18 Å². The average Bonchev–Trinajstić information content (AvgIpc) is 3.47. The van der Waals surface area contributed by atoms with Crippen molar-refractivity contribution in [2.24, 2.45) is 11.3 Å². The maximum atomic E-state index is 13.6. The number of piperidine rings is 1. The van der Waals surface area contributed by atoms with Crippen LogP contribution in [0.5, 0.6) is 0 Å². The molecule has 33 heavy (non-hydrogen) atoms. The highest BCUT2D eigenvalue weighted by molar-refractivity contribution is 5.99. The number of halogens is 3. The number of carbonyl (C=O) groups excluding carboxylic acids is 1. The fourth-order valence-electron chi connectivity index (χ4n) is 5.43. The van der Waals surface area contributed by atoms with E-state index in [2.05, 4.69) is 30.2 Å². The number of nitrogens with one attached hydrogen (secondary N) is 1. The number of carbonyl (C=O) groups is 1. The Kier molecular flexibility index (Phi) is 4.20. The van der Waals surface area contributed by atoms with Crippen molar-refractivity contribution in [3.8, 4) is 11.4 Å². The van der Waals surface area contributed by atoms with Crippen LogP contribution in [0.15, 0.2) is 49.2 Å². The van der Waals surface area contributed by atoms with E-state index in [4.69, 9.17) is 0 Å². The maximum absolute atomic E-state index is 13.6. The van der Waals surface area contributed by atoms with Gasteiger partial charge in [0.25, 0.3) is 5.91 Å². The third-order valence-electron chi connectivity index (χ3n) is 6.96. The molecule has 2 saturated carbocycles. The lowest BCUT2D eigenvalue weighted by atomic mass is 9.71. The molecule has 11 heteroatoms. The summed E-state index contributed by atoms with van der Waals surface area (Å²) >= 11 is 0. The van der Waals surface area contributed by atoms with E-state index in [-0.39, 0.29) is 29.2 Å². The van der Waals surface area contributed by atoms with Crippen molar-refractivity contribution in [3.63, 3.8) is 0 Å². The number of anilines is 1. The van der Waals surface area contributed by atoms with E-state index in [1.165, 1.54) is 0 Å². The van der Waals surface area contributed by atoms with Crippen molar-refractivity contribution in [2.75, 3.05) is 11.9 Å². The number of aromatic nitrogens is 5. The summed E-state index contributed by atoms with van der Waals surface area (Å²) in [4.78, 5) is 35.6. The van der Waals surface area contributed by atoms with Gasteiger partial charge in [0.2, 0.25) is 0 Å². The number of hydrogen-bond acceptors (Lipinski definition) is 7. The molecule has 4 heterocycles. The van der Waals surface area contributed by atoms with Crippen LogP contribution in [0.25, 0.3) is 11.4 Å². The molecule has 1 amide bonds. The van der Waals surface area contributed by atoms with Gasteiger partial charge in [0.05, 0.1) is 24.0 Å². The zero-order valence-corrected chi connectivity index (χ0v) is 17.2. The zero-order chi connectivity index (χ0) is 22.8. The molecule has 1 saturated heterocycles. The predicted molar refractivity (Wildman–Crippen MR) is 110 cm³/mol. The van der Waals surface area contributed by atoms with Crippen LogP contribution >= 0.6 is 0 Å². The van der Waals surface area contributed by atoms with Gasteiger partial charge in [-0.1, -0.05) is 0 Å². The number of hydrogen-bond donors (Lipinski definition) is 1. The molecule has 3 aromatic rings. The first kappa shape index (κ1) is 20.0. The third-order valence-corrected chi connectivity index (χ3v) is 6.96. The van der Waals surface area contributed by atoms with Crippen molar-refractivity contribution in [3.05, 3.63) is 60.6 Å². The molecule has 0 bridgehead atoms. The first-order valence-electron chi connectivity index (χ1n) is 10.6. The van der Waals surface area contributed by atoms with Crippen LogP contribution in [0.1, 0.15) is 29.0 Å². The molecule has 4 unspecified atom stereocenters. The monoisotopic (exact) mass is 453 g/mol. The van der Waals surface area contributed by atoms with Gasteiger partial charge in [0.1, 0.15) is 11.5 Å². The second-order valence-corrected chi connectivity index (χ2v) is 8.75. The molecule has 2 aliphatic carbocycles. The average molecular weight is 453 g/mol. The smallest absolute Gasteiger partial charge is 0.364 e. The summed E-state index contributed by atoms with van der Waals surface area (Å²) in [5, 5.41) is 3.18. The van der Waals surface area contributed by atoms with Crippen LogP contribution in [0.3, 0.4) is 0 Å². The Balaban J connectivity index is 1.25. The molecule has 3 fully saturated rings. The first-order valence-corrected chi connectivity index (χ1v) is 10.6. The molecule has 1 N–H and O–H groups in total. The molecule has 1 spiro atoms. The van der Waals surface area contributed by atoms with Crippen LogP contribution in [-0.2, 0) is 6.18 Å². The van der Waals surface area contributed by atoms with Gasteiger partial charge in [0.15, 0.2) is 11.5 Å². The Morgan fingerprint density at radius 3 is 2.55 bits per heavy atom. The number of pyridine rings is 1. The van der Waals surface area contributed by atoms with Gasteiger partial charge in [-0.25, -0.2) is 19.9 Å². The van der Waals surface area contributed by atoms with E-state index in [1.807, 2.05) is 4.90 Å². The van der Waals surface area contributed by atoms with Crippen molar-refractivity contribution in [1.82, 2.24) is 29.8 Å². The highest BCUT2D eigenvalue weighted by atomic mass is 19.4. The Morgan fingerprint density at radius 1 is 1.03 bits per heavy atom. The van der Waals surface area contributed by atoms with Crippen LogP contribution in [0.4, 0.5) is 19.0 Å². The van der Waals surface area contributed by atoms with E-state index < -0.39 is 11.9 Å². The topological polar surface area (TPSA) is 96.8 Å². The van der Waals surface area contributed by atoms with Crippen molar-refractivity contribution in [2.45, 2.75) is 31.1 Å². The molecule has 3 aliphatic rings. The highest BCUT2D eigenvalue weighted by Crippen LogP contribution is 2.71. The van der Waals surface area contributed by atoms with E-state index in [9.17, 15) is 18.0 Å². The largest absolute Gasteiger partial charge is 0.434 e. The number of likely N-dealkylation sites (tertiary alicyclic amines) is 1.